The lowest BCUT2D eigenvalue weighted by Gasteiger charge is -2.28. The van der Waals surface area contributed by atoms with Crippen molar-refractivity contribution in [3.05, 3.63) is 71.8 Å². The summed E-state index contributed by atoms with van der Waals surface area (Å²) in [6, 6.07) is 8.16. The molecule has 10 atom stereocenters. The molecule has 0 bridgehead atoms. The molecule has 0 aliphatic rings. The summed E-state index contributed by atoms with van der Waals surface area (Å²) in [7, 11) is 0. The quantitative estimate of drug-likeness (QED) is 0.0439. The molecule has 2 rings (SSSR count). The molecular weight excluding hydrogens is 983 g/mol. The van der Waals surface area contributed by atoms with Crippen molar-refractivity contribution in [3.63, 3.8) is 0 Å². The number of nitrogens with one attached hydrogen (secondary N) is 10. The molecule has 23 nitrogen and oxygen atoms in total. The third-order valence-corrected chi connectivity index (χ3v) is 12.6. The Balaban J connectivity index is 2.09. The highest BCUT2D eigenvalue weighted by molar-refractivity contribution is 5.98. The summed E-state index contributed by atoms with van der Waals surface area (Å²) in [4.78, 5) is 145. The van der Waals surface area contributed by atoms with Crippen LogP contribution in [0.2, 0.25) is 0 Å². The van der Waals surface area contributed by atoms with Crippen LogP contribution in [0.1, 0.15) is 99.6 Å². The standard InChI is InChI=1S/C53H81N11O12/c1-11-31(7)44(63-47(69)34(10)57-41(66)27-56-48(70)38(24-35-19-15-13-16-20-35)61-49(71)37(23-29(3)4)59-40(65)26-54)51(73)58-33(9)46(68)55-28-42(67)60-39(25-36-21-17-14-18-22-36)50(72)64-45(32(8)12-2)52(74)62-43(30(5)6)53(75)76/h13-22,29-34,37-39,43-45H,11-12,23-28,54H2,1-10H3,(H,55,68)(H,56,70)(H,57,66)(H,58,73)(H,59,65)(H,60,67)(H,61,71)(H,62,74)(H,63,69)(H,64,72)(H,75,76)/t31-,32-,33-,34-,37-,38-,39-,43-,44-,45-/m0/s1. The first-order chi connectivity index (χ1) is 35.8. The van der Waals surface area contributed by atoms with Gasteiger partial charge < -0.3 is 64.0 Å². The molecule has 0 saturated carbocycles. The zero-order valence-electron chi connectivity index (χ0n) is 45.4. The summed E-state index contributed by atoms with van der Waals surface area (Å²) in [5.41, 5.74) is 6.82. The van der Waals surface area contributed by atoms with Gasteiger partial charge in [0, 0.05) is 12.8 Å². The Labute approximate surface area is 445 Å². The molecule has 23 heteroatoms. The van der Waals surface area contributed by atoms with Gasteiger partial charge in [-0.3, -0.25) is 47.9 Å². The average Bonchev–Trinajstić information content (AvgIpc) is 3.38. The number of carbonyl (C=O) groups is 11. The molecule has 0 heterocycles. The van der Waals surface area contributed by atoms with Gasteiger partial charge in [-0.05, 0) is 55.1 Å². The van der Waals surface area contributed by atoms with Gasteiger partial charge in [0.1, 0.15) is 48.3 Å². The van der Waals surface area contributed by atoms with Gasteiger partial charge in [0.25, 0.3) is 0 Å². The molecule has 0 aromatic heterocycles. The van der Waals surface area contributed by atoms with E-state index in [1.165, 1.54) is 13.8 Å². The molecule has 13 N–H and O–H groups in total. The van der Waals surface area contributed by atoms with Gasteiger partial charge in [-0.1, -0.05) is 129 Å². The summed E-state index contributed by atoms with van der Waals surface area (Å²) in [6.07, 6.45) is 1.16. The normalized spacial score (nSPS) is 15.0. The lowest BCUT2D eigenvalue weighted by atomic mass is 9.96. The number of carbonyl (C=O) groups excluding carboxylic acids is 10. The van der Waals surface area contributed by atoms with Crippen molar-refractivity contribution in [3.8, 4) is 0 Å². The minimum Gasteiger partial charge on any atom is -0.480 e. The van der Waals surface area contributed by atoms with E-state index in [-0.39, 0.29) is 31.7 Å². The predicted octanol–water partition coefficient (Wildman–Crippen LogP) is -0.540. The van der Waals surface area contributed by atoms with E-state index in [9.17, 15) is 57.8 Å². The fourth-order valence-electron chi connectivity index (χ4n) is 7.62. The van der Waals surface area contributed by atoms with Crippen LogP contribution < -0.4 is 58.9 Å². The topological polar surface area (TPSA) is 354 Å². The highest BCUT2D eigenvalue weighted by atomic mass is 16.4. The van der Waals surface area contributed by atoms with Crippen molar-refractivity contribution in [2.75, 3.05) is 19.6 Å². The van der Waals surface area contributed by atoms with Crippen LogP contribution in [0, 0.1) is 23.7 Å². The first-order valence-corrected chi connectivity index (χ1v) is 25.8. The van der Waals surface area contributed by atoms with Gasteiger partial charge in [-0.2, -0.15) is 0 Å². The lowest BCUT2D eigenvalue weighted by Crippen LogP contribution is -2.59. The largest absolute Gasteiger partial charge is 0.480 e. The minimum atomic E-state index is -1.24. The van der Waals surface area contributed by atoms with E-state index in [0.717, 1.165) is 0 Å². The fraction of sp³-hybridized carbons (Fsp3) is 0.566. The van der Waals surface area contributed by atoms with Gasteiger partial charge in [0.05, 0.1) is 19.6 Å². The van der Waals surface area contributed by atoms with Gasteiger partial charge in [0.15, 0.2) is 0 Å². The van der Waals surface area contributed by atoms with E-state index in [0.29, 0.717) is 24.0 Å². The lowest BCUT2D eigenvalue weighted by molar-refractivity contribution is -0.144. The molecule has 0 fully saturated rings. The van der Waals surface area contributed by atoms with Crippen LogP contribution >= 0.6 is 0 Å². The Kier molecular flexibility index (Phi) is 27.9. The van der Waals surface area contributed by atoms with Crippen LogP contribution in [0.5, 0.6) is 0 Å². The van der Waals surface area contributed by atoms with Crippen LogP contribution in [-0.4, -0.2) is 138 Å². The third-order valence-electron chi connectivity index (χ3n) is 12.6. The SMILES string of the molecule is CC[C@H](C)[C@H](NC(=O)[C@H](C)NC(=O)CNC(=O)[C@H](Cc1ccccc1)NC(=O)[C@H](CC(C)C)NC(=O)CN)C(=O)N[C@@H](C)C(=O)NCC(=O)N[C@@H](Cc1ccccc1)C(=O)N[C@H](C(=O)N[C@H](C(=O)O)C(C)C)[C@@H](C)CC. The highest BCUT2D eigenvalue weighted by Crippen LogP contribution is 2.14. The van der Waals surface area contributed by atoms with Crippen molar-refractivity contribution in [2.45, 2.75) is 150 Å². The molecule has 0 saturated heterocycles. The number of hydrogen-bond acceptors (Lipinski definition) is 12. The summed E-state index contributed by atoms with van der Waals surface area (Å²) in [6.45, 7) is 15.2. The summed E-state index contributed by atoms with van der Waals surface area (Å²) < 4.78 is 0. The van der Waals surface area contributed by atoms with E-state index in [4.69, 9.17) is 5.73 Å². The van der Waals surface area contributed by atoms with Crippen LogP contribution in [0.25, 0.3) is 0 Å². The number of aliphatic carboxylic acids is 1. The molecule has 2 aromatic rings. The maximum absolute atomic E-state index is 13.8. The number of benzene rings is 2. The Morgan fingerprint density at radius 3 is 1.32 bits per heavy atom. The Morgan fingerprint density at radius 2 is 0.855 bits per heavy atom. The Hall–Kier alpha value is -7.43. The molecule has 0 aliphatic carbocycles. The van der Waals surface area contributed by atoms with Crippen LogP contribution in [0.4, 0.5) is 0 Å². The van der Waals surface area contributed by atoms with Gasteiger partial charge in [0.2, 0.25) is 59.1 Å². The molecule has 0 radical (unpaired) electrons. The fourth-order valence-corrected chi connectivity index (χ4v) is 7.62. The van der Waals surface area contributed by atoms with Crippen molar-refractivity contribution in [2.24, 2.45) is 29.4 Å². The molecule has 420 valence electrons. The number of hydrogen-bond donors (Lipinski definition) is 12. The van der Waals surface area contributed by atoms with Gasteiger partial charge >= 0.3 is 5.97 Å². The Bertz CT molecular complexity index is 2280. The molecular formula is C53H81N11O12. The van der Waals surface area contributed by atoms with E-state index in [2.05, 4.69) is 53.2 Å². The maximum Gasteiger partial charge on any atom is 0.326 e. The summed E-state index contributed by atoms with van der Waals surface area (Å²) in [5.74, 6) is -9.74. The zero-order valence-corrected chi connectivity index (χ0v) is 45.4. The number of carboxylic acids is 1. The first-order valence-electron chi connectivity index (χ1n) is 25.8. The minimum absolute atomic E-state index is 0.000147. The van der Waals surface area contributed by atoms with Crippen LogP contribution in [-0.2, 0) is 65.6 Å². The first kappa shape index (κ1) is 64.7. The molecule has 2 aromatic carbocycles. The second-order valence-electron chi connectivity index (χ2n) is 19.8. The van der Waals surface area contributed by atoms with Crippen LogP contribution in [0.15, 0.2) is 60.7 Å². The monoisotopic (exact) mass is 1060 g/mol. The van der Waals surface area contributed by atoms with E-state index in [1.807, 2.05) is 13.8 Å². The number of carboxylic acid groups (broad SMARTS) is 1. The predicted molar refractivity (Wildman–Crippen MR) is 283 cm³/mol. The zero-order chi connectivity index (χ0) is 57.2. The average molecular weight is 1060 g/mol. The van der Waals surface area contributed by atoms with E-state index in [1.54, 1.807) is 102 Å². The van der Waals surface area contributed by atoms with E-state index >= 15 is 0 Å². The maximum atomic E-state index is 13.8. The summed E-state index contributed by atoms with van der Waals surface area (Å²) in [5, 5.41) is 35.3. The van der Waals surface area contributed by atoms with Crippen LogP contribution in [0.3, 0.4) is 0 Å². The van der Waals surface area contributed by atoms with Gasteiger partial charge in [-0.15, -0.1) is 0 Å². The van der Waals surface area contributed by atoms with Crippen molar-refractivity contribution in [1.82, 2.24) is 53.2 Å². The Morgan fingerprint density at radius 1 is 0.447 bits per heavy atom. The number of nitrogens with two attached hydrogens (primary N) is 1. The molecule has 0 unspecified atom stereocenters. The second kappa shape index (κ2) is 32.8. The third kappa shape index (κ3) is 22.6. The van der Waals surface area contributed by atoms with E-state index < -0.39 is 144 Å². The molecule has 76 heavy (non-hydrogen) atoms. The van der Waals surface area contributed by atoms with Crippen molar-refractivity contribution >= 4 is 65.0 Å². The second-order valence-corrected chi connectivity index (χ2v) is 19.8. The van der Waals surface area contributed by atoms with Gasteiger partial charge in [-0.25, -0.2) is 4.79 Å². The highest BCUT2D eigenvalue weighted by Gasteiger charge is 2.35. The van der Waals surface area contributed by atoms with Crippen molar-refractivity contribution in [1.29, 1.82) is 0 Å². The molecule has 10 amide bonds. The number of rotatable bonds is 32. The number of amides is 10. The smallest absolute Gasteiger partial charge is 0.326 e. The van der Waals surface area contributed by atoms with Crippen molar-refractivity contribution < 1.29 is 57.8 Å². The molecule has 0 aliphatic heterocycles. The summed E-state index contributed by atoms with van der Waals surface area (Å²) >= 11 is 0. The molecule has 0 spiro atoms.